The van der Waals surface area contributed by atoms with E-state index in [1.165, 1.54) is 31.4 Å². The summed E-state index contributed by atoms with van der Waals surface area (Å²) >= 11 is 9.00. The number of benzene rings is 3. The fourth-order valence-corrected chi connectivity index (χ4v) is 5.04. The monoisotopic (exact) mass is 627 g/mol. The average Bonchev–Trinajstić information content (AvgIpc) is 3.53. The van der Waals surface area contributed by atoms with Crippen LogP contribution >= 0.6 is 28.1 Å². The van der Waals surface area contributed by atoms with Gasteiger partial charge >= 0.3 is 5.97 Å². The molecule has 0 bridgehead atoms. The number of halogens is 1. The van der Waals surface area contributed by atoms with Gasteiger partial charge in [0.25, 0.3) is 5.91 Å². The molecule has 5 rings (SSSR count). The van der Waals surface area contributed by atoms with Crippen LogP contribution in [0.4, 0.5) is 5.82 Å². The van der Waals surface area contributed by atoms with Crippen LogP contribution in [-0.2, 0) is 4.74 Å². The van der Waals surface area contributed by atoms with Crippen LogP contribution in [0.2, 0.25) is 0 Å². The molecule has 0 fully saturated rings. The predicted octanol–water partition coefficient (Wildman–Crippen LogP) is 6.62. The third-order valence-electron chi connectivity index (χ3n) is 6.54. The lowest BCUT2D eigenvalue weighted by molar-refractivity contribution is 0.0600. The number of carbonyl (C=O) groups excluding carboxylic acids is 2. The van der Waals surface area contributed by atoms with E-state index in [1.807, 2.05) is 48.5 Å². The highest BCUT2D eigenvalue weighted by molar-refractivity contribution is 9.10. The Kier molecular flexibility index (Phi) is 8.14. The van der Waals surface area contributed by atoms with Crippen molar-refractivity contribution in [1.29, 1.82) is 0 Å². The molecule has 10 heteroatoms. The van der Waals surface area contributed by atoms with Gasteiger partial charge in [0.2, 0.25) is 0 Å². The fourth-order valence-electron chi connectivity index (χ4n) is 4.58. The van der Waals surface area contributed by atoms with Crippen LogP contribution in [0.5, 0.6) is 0 Å². The van der Waals surface area contributed by atoms with Crippen LogP contribution in [0.1, 0.15) is 32.1 Å². The van der Waals surface area contributed by atoms with Crippen molar-refractivity contribution in [2.75, 3.05) is 12.4 Å². The van der Waals surface area contributed by atoms with Gasteiger partial charge in [-0.3, -0.25) is 10.1 Å². The topological polar surface area (TPSA) is 90.2 Å². The van der Waals surface area contributed by atoms with Crippen molar-refractivity contribution in [3.05, 3.63) is 118 Å². The number of thiocarbonyl (C=S) groups is 1. The maximum Gasteiger partial charge on any atom is 0.337 e. The van der Waals surface area contributed by atoms with E-state index in [4.69, 9.17) is 22.1 Å². The molecule has 2 heterocycles. The Balaban J connectivity index is 1.43. The van der Waals surface area contributed by atoms with Crippen LogP contribution in [0, 0.1) is 13.8 Å². The van der Waals surface area contributed by atoms with E-state index in [1.54, 1.807) is 4.68 Å². The van der Waals surface area contributed by atoms with Gasteiger partial charge in [-0.1, -0.05) is 34.1 Å². The predicted molar refractivity (Wildman–Crippen MR) is 167 cm³/mol. The number of methoxy groups -OCH3 is 1. The fraction of sp³-hybridized carbons (Fsp3) is 0.0968. The molecule has 0 radical (unpaired) electrons. The standard InChI is InChI=1S/C31H26BrN5O3S/c1-19-17-26(20(2)36(19)24-15-13-23(32)14-16-24)27-18-28(37(35-27)25-7-5-4-6-8-25)33-31(41)34-29(38)21-9-11-22(12-10-21)30(39)40-3/h4-18H,1-3H3,(H2,33,34,38,41). The van der Waals surface area contributed by atoms with E-state index in [2.05, 4.69) is 63.2 Å². The third kappa shape index (κ3) is 5.98. The number of rotatable bonds is 6. The highest BCUT2D eigenvalue weighted by Gasteiger charge is 2.19. The minimum Gasteiger partial charge on any atom is -0.465 e. The van der Waals surface area contributed by atoms with Crippen molar-refractivity contribution in [2.45, 2.75) is 13.8 Å². The molecule has 3 aromatic carbocycles. The summed E-state index contributed by atoms with van der Waals surface area (Å²) in [5.41, 5.74) is 6.42. The van der Waals surface area contributed by atoms with Crippen molar-refractivity contribution >= 4 is 51.0 Å². The lowest BCUT2D eigenvalue weighted by atomic mass is 10.1. The third-order valence-corrected chi connectivity index (χ3v) is 7.27. The number of carbonyl (C=O) groups is 2. The van der Waals surface area contributed by atoms with E-state index < -0.39 is 11.9 Å². The Morgan fingerprint density at radius 2 is 1.54 bits per heavy atom. The second kappa shape index (κ2) is 11.9. The van der Waals surface area contributed by atoms with Gasteiger partial charge in [-0.25, -0.2) is 9.48 Å². The van der Waals surface area contributed by atoms with Gasteiger partial charge in [0.1, 0.15) is 5.82 Å². The summed E-state index contributed by atoms with van der Waals surface area (Å²) in [6.45, 7) is 4.13. The zero-order chi connectivity index (χ0) is 29.1. The van der Waals surface area contributed by atoms with E-state index >= 15 is 0 Å². The molecule has 0 aliphatic rings. The summed E-state index contributed by atoms with van der Waals surface area (Å²) in [6.07, 6.45) is 0. The molecule has 206 valence electrons. The highest BCUT2D eigenvalue weighted by atomic mass is 79.9. The SMILES string of the molecule is COC(=O)c1ccc(C(=O)NC(=S)Nc2cc(-c3cc(C)n(-c4ccc(Br)cc4)c3C)nn2-c2ccccc2)cc1. The molecule has 0 saturated carbocycles. The maximum absolute atomic E-state index is 12.8. The lowest BCUT2D eigenvalue weighted by Gasteiger charge is -2.11. The quantitative estimate of drug-likeness (QED) is 0.162. The number of aryl methyl sites for hydroxylation is 1. The largest absolute Gasteiger partial charge is 0.465 e. The average molecular weight is 629 g/mol. The van der Waals surface area contributed by atoms with Crippen LogP contribution in [0.25, 0.3) is 22.6 Å². The first-order chi connectivity index (χ1) is 19.7. The van der Waals surface area contributed by atoms with Crippen molar-refractivity contribution in [2.24, 2.45) is 0 Å². The van der Waals surface area contributed by atoms with Gasteiger partial charge in [0.05, 0.1) is 24.1 Å². The summed E-state index contributed by atoms with van der Waals surface area (Å²) in [6, 6.07) is 28.0. The van der Waals surface area contributed by atoms with Crippen molar-refractivity contribution in [3.8, 4) is 22.6 Å². The lowest BCUT2D eigenvalue weighted by Crippen LogP contribution is -2.34. The van der Waals surface area contributed by atoms with Crippen molar-refractivity contribution in [3.63, 3.8) is 0 Å². The molecule has 1 amide bonds. The summed E-state index contributed by atoms with van der Waals surface area (Å²) in [4.78, 5) is 24.5. The summed E-state index contributed by atoms with van der Waals surface area (Å²) in [5, 5.41) is 10.9. The molecule has 0 saturated heterocycles. The molecule has 2 N–H and O–H groups in total. The molecule has 0 aliphatic heterocycles. The summed E-state index contributed by atoms with van der Waals surface area (Å²) in [5.74, 6) is -0.300. The molecule has 41 heavy (non-hydrogen) atoms. The van der Waals surface area contributed by atoms with Gasteiger partial charge in [0.15, 0.2) is 5.11 Å². The van der Waals surface area contributed by atoms with Crippen LogP contribution in [-0.4, -0.2) is 38.4 Å². The number of esters is 1. The van der Waals surface area contributed by atoms with Crippen LogP contribution in [0.15, 0.2) is 95.5 Å². The zero-order valence-electron chi connectivity index (χ0n) is 22.5. The molecular weight excluding hydrogens is 602 g/mol. The Labute approximate surface area is 251 Å². The molecule has 0 spiro atoms. The molecule has 0 unspecified atom stereocenters. The van der Waals surface area contributed by atoms with E-state index in [9.17, 15) is 9.59 Å². The number of hydrogen-bond donors (Lipinski definition) is 2. The Bertz CT molecular complexity index is 1740. The van der Waals surface area contributed by atoms with Gasteiger partial charge in [-0.2, -0.15) is 5.10 Å². The zero-order valence-corrected chi connectivity index (χ0v) is 24.9. The number of anilines is 1. The van der Waals surface area contributed by atoms with Gasteiger partial charge in [-0.05, 0) is 92.8 Å². The van der Waals surface area contributed by atoms with Crippen LogP contribution in [0.3, 0.4) is 0 Å². The maximum atomic E-state index is 12.8. The normalized spacial score (nSPS) is 10.7. The first kappa shape index (κ1) is 28.0. The number of aromatic nitrogens is 3. The van der Waals surface area contributed by atoms with Gasteiger partial charge < -0.3 is 14.6 Å². The molecule has 0 aliphatic carbocycles. The highest BCUT2D eigenvalue weighted by Crippen LogP contribution is 2.32. The Morgan fingerprint density at radius 1 is 0.878 bits per heavy atom. The number of amides is 1. The number of ether oxygens (including phenoxy) is 1. The molecular formula is C31H26BrN5O3S. The minimum absolute atomic E-state index is 0.107. The number of nitrogens with zero attached hydrogens (tertiary/aromatic N) is 3. The van der Waals surface area contributed by atoms with E-state index in [0.717, 1.165) is 38.5 Å². The molecule has 8 nitrogen and oxygen atoms in total. The Hall–Kier alpha value is -4.54. The Morgan fingerprint density at radius 3 is 2.20 bits per heavy atom. The molecule has 2 aromatic heterocycles. The van der Waals surface area contributed by atoms with Gasteiger partial charge in [-0.15, -0.1) is 0 Å². The van der Waals surface area contributed by atoms with E-state index in [-0.39, 0.29) is 5.11 Å². The first-order valence-corrected chi connectivity index (χ1v) is 13.9. The number of nitrogens with one attached hydrogen (secondary N) is 2. The van der Waals surface area contributed by atoms with Crippen LogP contribution < -0.4 is 10.6 Å². The summed E-state index contributed by atoms with van der Waals surface area (Å²) < 4.78 is 9.67. The minimum atomic E-state index is -0.475. The van der Waals surface area contributed by atoms with E-state index in [0.29, 0.717) is 16.9 Å². The van der Waals surface area contributed by atoms with Gasteiger partial charge in [0, 0.05) is 38.7 Å². The smallest absolute Gasteiger partial charge is 0.337 e. The number of para-hydroxylation sites is 1. The molecule has 0 atom stereocenters. The first-order valence-electron chi connectivity index (χ1n) is 12.7. The molecule has 5 aromatic rings. The second-order valence-corrected chi connectivity index (χ2v) is 10.6. The number of hydrogen-bond acceptors (Lipinski definition) is 5. The second-order valence-electron chi connectivity index (χ2n) is 9.24. The van der Waals surface area contributed by atoms with Crippen molar-refractivity contribution in [1.82, 2.24) is 19.7 Å². The summed E-state index contributed by atoms with van der Waals surface area (Å²) in [7, 11) is 1.30. The van der Waals surface area contributed by atoms with Crippen molar-refractivity contribution < 1.29 is 14.3 Å².